The minimum absolute atomic E-state index is 0.0411. The molecule has 1 rings (SSSR count). The fourth-order valence-corrected chi connectivity index (χ4v) is 1.37. The number of amides is 1. The van der Waals surface area contributed by atoms with Crippen LogP contribution in [0.2, 0.25) is 0 Å². The van der Waals surface area contributed by atoms with E-state index in [1.807, 2.05) is 0 Å². The molecule has 0 saturated heterocycles. The van der Waals surface area contributed by atoms with Gasteiger partial charge in [0.25, 0.3) is 5.91 Å². The molecule has 0 aliphatic rings. The fourth-order valence-electron chi connectivity index (χ4n) is 1.37. The number of aromatic carboxylic acids is 1. The van der Waals surface area contributed by atoms with Crippen LogP contribution in [0.1, 0.15) is 10.4 Å². The van der Waals surface area contributed by atoms with Gasteiger partial charge in [0.2, 0.25) is 0 Å². The van der Waals surface area contributed by atoms with Gasteiger partial charge in [0.05, 0.1) is 18.8 Å². The van der Waals surface area contributed by atoms with Crippen LogP contribution in [0.15, 0.2) is 24.3 Å². The summed E-state index contributed by atoms with van der Waals surface area (Å²) in [5, 5.41) is 8.78. The highest BCUT2D eigenvalue weighted by atomic mass is 16.5. The standard InChI is InChI=1S/C13H17NO5/c1-14(12(15)9-19-8-7-18-2)11-5-3-10(4-6-11)13(16)17/h3-6H,7-9H2,1-2H3,(H,16,17). The third-order valence-corrected chi connectivity index (χ3v) is 2.53. The zero-order chi connectivity index (χ0) is 14.3. The SMILES string of the molecule is COCCOCC(=O)N(C)c1ccc(C(=O)O)cc1. The molecule has 1 aromatic carbocycles. The maximum Gasteiger partial charge on any atom is 0.335 e. The Balaban J connectivity index is 2.54. The van der Waals surface area contributed by atoms with Crippen LogP contribution in [-0.2, 0) is 14.3 Å². The summed E-state index contributed by atoms with van der Waals surface area (Å²) in [5.41, 5.74) is 0.797. The zero-order valence-corrected chi connectivity index (χ0v) is 11.0. The number of carbonyl (C=O) groups excluding carboxylic acids is 1. The molecular formula is C13H17NO5. The van der Waals surface area contributed by atoms with Gasteiger partial charge in [0.15, 0.2) is 0 Å². The molecule has 1 amide bonds. The molecule has 104 valence electrons. The second-order valence-electron chi connectivity index (χ2n) is 3.85. The van der Waals surface area contributed by atoms with E-state index < -0.39 is 5.97 Å². The quantitative estimate of drug-likeness (QED) is 0.746. The number of hydrogen-bond acceptors (Lipinski definition) is 4. The highest BCUT2D eigenvalue weighted by Crippen LogP contribution is 2.14. The van der Waals surface area contributed by atoms with Crippen LogP contribution in [0.25, 0.3) is 0 Å². The second-order valence-corrected chi connectivity index (χ2v) is 3.85. The molecule has 6 nitrogen and oxygen atoms in total. The van der Waals surface area contributed by atoms with Gasteiger partial charge < -0.3 is 19.5 Å². The number of carboxylic acids is 1. The Bertz CT molecular complexity index is 429. The van der Waals surface area contributed by atoms with Crippen LogP contribution in [-0.4, -0.2) is 51.0 Å². The predicted octanol–water partition coefficient (Wildman–Crippen LogP) is 1.01. The third-order valence-electron chi connectivity index (χ3n) is 2.53. The molecule has 0 spiro atoms. The van der Waals surface area contributed by atoms with Crippen molar-refractivity contribution < 1.29 is 24.2 Å². The lowest BCUT2D eigenvalue weighted by Gasteiger charge is -2.17. The summed E-state index contributed by atoms with van der Waals surface area (Å²) >= 11 is 0. The molecule has 0 radical (unpaired) electrons. The molecule has 0 bridgehead atoms. The molecule has 1 aromatic rings. The number of carboxylic acid groups (broad SMARTS) is 1. The van der Waals surface area contributed by atoms with E-state index in [2.05, 4.69) is 0 Å². The van der Waals surface area contributed by atoms with Crippen molar-refractivity contribution in [3.63, 3.8) is 0 Å². The fraction of sp³-hybridized carbons (Fsp3) is 0.385. The summed E-state index contributed by atoms with van der Waals surface area (Å²) in [7, 11) is 3.17. The van der Waals surface area contributed by atoms with Crippen molar-refractivity contribution in [2.24, 2.45) is 0 Å². The first kappa shape index (κ1) is 15.1. The van der Waals surface area contributed by atoms with Gasteiger partial charge in [-0.05, 0) is 24.3 Å². The van der Waals surface area contributed by atoms with Crippen molar-refractivity contribution in [3.05, 3.63) is 29.8 Å². The Kier molecular flexibility index (Phi) is 5.98. The molecule has 19 heavy (non-hydrogen) atoms. The summed E-state index contributed by atoms with van der Waals surface area (Å²) in [6.45, 7) is 0.749. The lowest BCUT2D eigenvalue weighted by molar-refractivity contribution is -0.123. The summed E-state index contributed by atoms with van der Waals surface area (Å²) in [6, 6.07) is 6.06. The highest BCUT2D eigenvalue weighted by Gasteiger charge is 2.11. The van der Waals surface area contributed by atoms with E-state index in [1.165, 1.54) is 17.0 Å². The summed E-state index contributed by atoms with van der Waals surface area (Å²) in [4.78, 5) is 23.9. The first-order chi connectivity index (χ1) is 9.06. The van der Waals surface area contributed by atoms with Crippen molar-refractivity contribution in [2.45, 2.75) is 0 Å². The molecule has 0 fully saturated rings. The summed E-state index contributed by atoms with van der Waals surface area (Å²) in [6.07, 6.45) is 0. The van der Waals surface area contributed by atoms with E-state index in [4.69, 9.17) is 14.6 Å². The molecule has 0 aromatic heterocycles. The van der Waals surface area contributed by atoms with E-state index >= 15 is 0 Å². The Morgan fingerprint density at radius 3 is 2.37 bits per heavy atom. The highest BCUT2D eigenvalue weighted by molar-refractivity contribution is 5.94. The number of anilines is 1. The van der Waals surface area contributed by atoms with Crippen LogP contribution in [0.4, 0.5) is 5.69 Å². The van der Waals surface area contributed by atoms with Crippen LogP contribution in [0.3, 0.4) is 0 Å². The maximum absolute atomic E-state index is 11.8. The third kappa shape index (κ3) is 4.69. The van der Waals surface area contributed by atoms with E-state index in [-0.39, 0.29) is 18.1 Å². The Morgan fingerprint density at radius 1 is 1.21 bits per heavy atom. The number of likely N-dealkylation sites (N-methyl/N-ethyl adjacent to an activating group) is 1. The van der Waals surface area contributed by atoms with E-state index in [1.54, 1.807) is 26.3 Å². The maximum atomic E-state index is 11.8. The predicted molar refractivity (Wildman–Crippen MR) is 69.5 cm³/mol. The molecule has 0 atom stereocenters. The van der Waals surface area contributed by atoms with Crippen molar-refractivity contribution in [1.82, 2.24) is 0 Å². The lowest BCUT2D eigenvalue weighted by atomic mass is 10.2. The van der Waals surface area contributed by atoms with E-state index in [0.717, 1.165) is 0 Å². The van der Waals surface area contributed by atoms with E-state index in [0.29, 0.717) is 18.9 Å². The topological polar surface area (TPSA) is 76.1 Å². The number of carbonyl (C=O) groups is 2. The van der Waals surface area contributed by atoms with Gasteiger partial charge in [-0.1, -0.05) is 0 Å². The van der Waals surface area contributed by atoms with Gasteiger partial charge in [0, 0.05) is 19.8 Å². The molecule has 0 unspecified atom stereocenters. The van der Waals surface area contributed by atoms with Crippen LogP contribution in [0, 0.1) is 0 Å². The van der Waals surface area contributed by atoms with Gasteiger partial charge in [-0.25, -0.2) is 4.79 Å². The van der Waals surface area contributed by atoms with Crippen LogP contribution in [0.5, 0.6) is 0 Å². The smallest absolute Gasteiger partial charge is 0.335 e. The van der Waals surface area contributed by atoms with Gasteiger partial charge in [0.1, 0.15) is 6.61 Å². The summed E-state index contributed by atoms with van der Waals surface area (Å²) < 4.78 is 9.93. The van der Waals surface area contributed by atoms with Crippen molar-refractivity contribution in [3.8, 4) is 0 Å². The second kappa shape index (κ2) is 7.50. The monoisotopic (exact) mass is 267 g/mol. The van der Waals surface area contributed by atoms with Gasteiger partial charge in [-0.15, -0.1) is 0 Å². The summed E-state index contributed by atoms with van der Waals surface area (Å²) in [5.74, 6) is -1.21. The molecule has 1 N–H and O–H groups in total. The molecule has 0 heterocycles. The van der Waals surface area contributed by atoms with Crippen LogP contribution < -0.4 is 4.90 Å². The van der Waals surface area contributed by atoms with E-state index in [9.17, 15) is 9.59 Å². The van der Waals surface area contributed by atoms with Crippen molar-refractivity contribution in [2.75, 3.05) is 38.9 Å². The number of ether oxygens (including phenoxy) is 2. The van der Waals surface area contributed by atoms with Crippen molar-refractivity contribution in [1.29, 1.82) is 0 Å². The molecule has 0 aliphatic carbocycles. The molecular weight excluding hydrogens is 250 g/mol. The Labute approximate surface area is 111 Å². The lowest BCUT2D eigenvalue weighted by Crippen LogP contribution is -2.30. The number of methoxy groups -OCH3 is 1. The minimum Gasteiger partial charge on any atom is -0.478 e. The number of nitrogens with zero attached hydrogens (tertiary/aromatic N) is 1. The largest absolute Gasteiger partial charge is 0.478 e. The van der Waals surface area contributed by atoms with Gasteiger partial charge in [-0.2, -0.15) is 0 Å². The Hall–Kier alpha value is -1.92. The Morgan fingerprint density at radius 2 is 1.84 bits per heavy atom. The number of rotatable bonds is 7. The first-order valence-electron chi connectivity index (χ1n) is 5.73. The average Bonchev–Trinajstić information content (AvgIpc) is 2.42. The average molecular weight is 267 g/mol. The molecule has 0 aliphatic heterocycles. The minimum atomic E-state index is -0.997. The van der Waals surface area contributed by atoms with Gasteiger partial charge >= 0.3 is 5.97 Å². The number of hydrogen-bond donors (Lipinski definition) is 1. The van der Waals surface area contributed by atoms with Crippen LogP contribution >= 0.6 is 0 Å². The number of benzene rings is 1. The zero-order valence-electron chi connectivity index (χ0n) is 11.0. The normalized spacial score (nSPS) is 10.2. The van der Waals surface area contributed by atoms with Gasteiger partial charge in [-0.3, -0.25) is 4.79 Å². The molecule has 0 saturated carbocycles. The first-order valence-corrected chi connectivity index (χ1v) is 5.73. The van der Waals surface area contributed by atoms with Crippen molar-refractivity contribution >= 4 is 17.6 Å². The molecule has 6 heteroatoms.